The van der Waals surface area contributed by atoms with Gasteiger partial charge in [-0.05, 0) is 62.9 Å². The Bertz CT molecular complexity index is 834. The van der Waals surface area contributed by atoms with E-state index in [1.807, 2.05) is 23.0 Å². The molecular formula is C23H30FN3. The molecule has 2 aliphatic rings. The van der Waals surface area contributed by atoms with Crippen LogP contribution in [0.4, 0.5) is 4.39 Å². The standard InChI is InChI=1S/C23H30FN3/c1-4-5-19(25-3)12-16-6-7-17-13-22-21(15(2)23(16)17)14-26-27(22)20-10-8-18(24)9-11-20/h8-11,14-16,19,25H,4-7,12-13H2,1-3H3/t15-,16+,19?/m0/s1. The summed E-state index contributed by atoms with van der Waals surface area (Å²) < 4.78 is 15.3. The highest BCUT2D eigenvalue weighted by Gasteiger charge is 2.36. The topological polar surface area (TPSA) is 29.9 Å². The van der Waals surface area contributed by atoms with Crippen LogP contribution in [0.25, 0.3) is 5.69 Å². The average Bonchev–Trinajstić information content (AvgIpc) is 3.27. The van der Waals surface area contributed by atoms with E-state index in [1.54, 1.807) is 11.1 Å². The highest BCUT2D eigenvalue weighted by molar-refractivity contribution is 5.47. The first-order chi connectivity index (χ1) is 13.1. The molecule has 0 saturated heterocycles. The van der Waals surface area contributed by atoms with E-state index in [-0.39, 0.29) is 5.82 Å². The number of nitrogens with one attached hydrogen (secondary N) is 1. The number of benzene rings is 1. The molecule has 0 saturated carbocycles. The number of fused-ring (bicyclic) bond motifs is 1. The predicted octanol–water partition coefficient (Wildman–Crippen LogP) is 5.16. The Morgan fingerprint density at radius 2 is 2.07 bits per heavy atom. The van der Waals surface area contributed by atoms with Crippen LogP contribution in [-0.2, 0) is 6.42 Å². The molecule has 0 bridgehead atoms. The molecule has 3 atom stereocenters. The Labute approximate surface area is 161 Å². The number of aromatic nitrogens is 2. The average molecular weight is 368 g/mol. The van der Waals surface area contributed by atoms with Crippen molar-refractivity contribution in [3.63, 3.8) is 0 Å². The molecule has 0 radical (unpaired) electrons. The van der Waals surface area contributed by atoms with E-state index in [2.05, 4.69) is 31.3 Å². The van der Waals surface area contributed by atoms with Gasteiger partial charge in [0.25, 0.3) is 0 Å². The smallest absolute Gasteiger partial charge is 0.123 e. The van der Waals surface area contributed by atoms with Crippen LogP contribution in [0.5, 0.6) is 0 Å². The molecule has 1 aromatic carbocycles. The van der Waals surface area contributed by atoms with Crippen molar-refractivity contribution in [1.82, 2.24) is 15.1 Å². The summed E-state index contributed by atoms with van der Waals surface area (Å²) >= 11 is 0. The van der Waals surface area contributed by atoms with Gasteiger partial charge in [-0.15, -0.1) is 0 Å². The molecule has 4 heteroatoms. The molecule has 1 N–H and O–H groups in total. The van der Waals surface area contributed by atoms with E-state index >= 15 is 0 Å². The zero-order valence-electron chi connectivity index (χ0n) is 16.6. The van der Waals surface area contributed by atoms with Gasteiger partial charge in [-0.25, -0.2) is 9.07 Å². The first kappa shape index (κ1) is 18.4. The third kappa shape index (κ3) is 3.36. The Morgan fingerprint density at radius 1 is 1.30 bits per heavy atom. The second kappa shape index (κ2) is 7.59. The molecule has 1 unspecified atom stereocenters. The lowest BCUT2D eigenvalue weighted by molar-refractivity contribution is 0.402. The zero-order chi connectivity index (χ0) is 19.0. The van der Waals surface area contributed by atoms with Crippen molar-refractivity contribution in [3.8, 4) is 5.69 Å². The Hall–Kier alpha value is -1.94. The first-order valence-corrected chi connectivity index (χ1v) is 10.3. The number of rotatable bonds is 6. The highest BCUT2D eigenvalue weighted by Crippen LogP contribution is 2.48. The third-order valence-corrected chi connectivity index (χ3v) is 6.54. The van der Waals surface area contributed by atoms with Gasteiger partial charge in [-0.2, -0.15) is 5.10 Å². The van der Waals surface area contributed by atoms with Crippen LogP contribution < -0.4 is 5.32 Å². The lowest BCUT2D eigenvalue weighted by Crippen LogP contribution is -2.28. The minimum absolute atomic E-state index is 0.206. The molecule has 0 aliphatic heterocycles. The normalized spacial score (nSPS) is 22.7. The quantitative estimate of drug-likeness (QED) is 0.715. The van der Waals surface area contributed by atoms with Crippen LogP contribution in [0, 0.1) is 11.7 Å². The van der Waals surface area contributed by atoms with Gasteiger partial charge >= 0.3 is 0 Å². The van der Waals surface area contributed by atoms with Crippen molar-refractivity contribution in [2.75, 3.05) is 7.05 Å². The molecule has 2 aromatic rings. The molecule has 2 aliphatic carbocycles. The van der Waals surface area contributed by atoms with Gasteiger partial charge in [0.2, 0.25) is 0 Å². The summed E-state index contributed by atoms with van der Waals surface area (Å²) in [4.78, 5) is 0. The fourth-order valence-electron chi connectivity index (χ4n) is 5.20. The van der Waals surface area contributed by atoms with Crippen molar-refractivity contribution < 1.29 is 4.39 Å². The van der Waals surface area contributed by atoms with Crippen molar-refractivity contribution in [1.29, 1.82) is 0 Å². The molecule has 4 rings (SSSR count). The lowest BCUT2D eigenvalue weighted by atomic mass is 9.78. The van der Waals surface area contributed by atoms with E-state index < -0.39 is 0 Å². The zero-order valence-corrected chi connectivity index (χ0v) is 16.6. The van der Waals surface area contributed by atoms with Crippen LogP contribution in [0.2, 0.25) is 0 Å². The molecule has 0 fully saturated rings. The Kier molecular flexibility index (Phi) is 5.18. The van der Waals surface area contributed by atoms with Gasteiger partial charge in [0.05, 0.1) is 17.6 Å². The fraction of sp³-hybridized carbons (Fsp3) is 0.522. The summed E-state index contributed by atoms with van der Waals surface area (Å²) in [5.41, 5.74) is 6.88. The second-order valence-electron chi connectivity index (χ2n) is 8.14. The van der Waals surface area contributed by atoms with Gasteiger partial charge in [0.15, 0.2) is 0 Å². The molecule has 3 nitrogen and oxygen atoms in total. The summed E-state index contributed by atoms with van der Waals surface area (Å²) in [7, 11) is 2.10. The van der Waals surface area contributed by atoms with Crippen LogP contribution >= 0.6 is 0 Å². The Morgan fingerprint density at radius 3 is 2.78 bits per heavy atom. The summed E-state index contributed by atoms with van der Waals surface area (Å²) in [5, 5.41) is 8.18. The summed E-state index contributed by atoms with van der Waals surface area (Å²) in [6.07, 6.45) is 9.23. The summed E-state index contributed by atoms with van der Waals surface area (Å²) in [5.74, 6) is 0.925. The van der Waals surface area contributed by atoms with E-state index in [4.69, 9.17) is 0 Å². The van der Waals surface area contributed by atoms with Crippen molar-refractivity contribution in [2.24, 2.45) is 5.92 Å². The van der Waals surface area contributed by atoms with Crippen molar-refractivity contribution in [3.05, 3.63) is 58.7 Å². The van der Waals surface area contributed by atoms with E-state index in [0.717, 1.165) is 12.1 Å². The van der Waals surface area contributed by atoms with Crippen LogP contribution in [0.15, 0.2) is 41.6 Å². The minimum atomic E-state index is -0.206. The number of hydrogen-bond acceptors (Lipinski definition) is 2. The SMILES string of the molecule is CCCC(C[C@H]1CCC2=C1[C@@H](C)c1cnn(-c3ccc(F)cc3)c1C2)NC. The van der Waals surface area contributed by atoms with Crippen molar-refractivity contribution >= 4 is 0 Å². The van der Waals surface area contributed by atoms with Gasteiger partial charge in [0, 0.05) is 23.9 Å². The minimum Gasteiger partial charge on any atom is -0.317 e. The number of allylic oxidation sites excluding steroid dienone is 2. The number of hydrogen-bond donors (Lipinski definition) is 1. The molecule has 1 aromatic heterocycles. The molecule has 27 heavy (non-hydrogen) atoms. The van der Waals surface area contributed by atoms with Gasteiger partial charge < -0.3 is 5.32 Å². The van der Waals surface area contributed by atoms with Gasteiger partial charge in [0.1, 0.15) is 5.82 Å². The second-order valence-corrected chi connectivity index (χ2v) is 8.14. The number of halogens is 1. The summed E-state index contributed by atoms with van der Waals surface area (Å²) in [6.45, 7) is 4.61. The lowest BCUT2D eigenvalue weighted by Gasteiger charge is -2.29. The molecular weight excluding hydrogens is 337 g/mol. The van der Waals surface area contributed by atoms with E-state index in [0.29, 0.717) is 17.9 Å². The van der Waals surface area contributed by atoms with Gasteiger partial charge in [-0.3, -0.25) is 0 Å². The van der Waals surface area contributed by atoms with E-state index in [9.17, 15) is 4.39 Å². The van der Waals surface area contributed by atoms with E-state index in [1.165, 1.54) is 55.5 Å². The molecule has 1 heterocycles. The first-order valence-electron chi connectivity index (χ1n) is 10.3. The fourth-order valence-corrected chi connectivity index (χ4v) is 5.20. The van der Waals surface area contributed by atoms with Crippen molar-refractivity contribution in [2.45, 2.75) is 64.3 Å². The highest BCUT2D eigenvalue weighted by atomic mass is 19.1. The molecule has 0 amide bonds. The predicted molar refractivity (Wildman–Crippen MR) is 108 cm³/mol. The number of nitrogens with zero attached hydrogens (tertiary/aromatic N) is 2. The van der Waals surface area contributed by atoms with Crippen LogP contribution in [0.1, 0.15) is 63.1 Å². The monoisotopic (exact) mass is 367 g/mol. The maximum Gasteiger partial charge on any atom is 0.123 e. The Balaban J connectivity index is 1.61. The molecule has 144 valence electrons. The molecule has 0 spiro atoms. The van der Waals surface area contributed by atoms with Crippen LogP contribution in [-0.4, -0.2) is 22.9 Å². The summed E-state index contributed by atoms with van der Waals surface area (Å²) in [6, 6.07) is 7.27. The third-order valence-electron chi connectivity index (χ3n) is 6.54. The van der Waals surface area contributed by atoms with Gasteiger partial charge in [-0.1, -0.05) is 31.4 Å². The van der Waals surface area contributed by atoms with Crippen LogP contribution in [0.3, 0.4) is 0 Å². The maximum absolute atomic E-state index is 13.3. The largest absolute Gasteiger partial charge is 0.317 e. The maximum atomic E-state index is 13.3.